The number of hydrogen-bond donors (Lipinski definition) is 3. The van der Waals surface area contributed by atoms with Gasteiger partial charge in [-0.25, -0.2) is 0 Å². The predicted molar refractivity (Wildman–Crippen MR) is 56.8 cm³/mol. The van der Waals surface area contributed by atoms with Gasteiger partial charge < -0.3 is 11.2 Å². The second-order valence-electron chi connectivity index (χ2n) is 2.52. The minimum atomic E-state index is 0.0305. The molecular weight excluding hydrogens is 202 g/mol. The highest BCUT2D eigenvalue weighted by Gasteiger charge is 1.94. The average molecular weight is 212 g/mol. The van der Waals surface area contributed by atoms with Gasteiger partial charge >= 0.3 is 0 Å². The molecule has 0 saturated heterocycles. The summed E-state index contributed by atoms with van der Waals surface area (Å²) in [5.74, 6) is 0.0305. The van der Waals surface area contributed by atoms with Crippen molar-refractivity contribution in [3.8, 4) is 0 Å². The van der Waals surface area contributed by atoms with Crippen LogP contribution in [0.2, 0.25) is 5.02 Å². The third kappa shape index (κ3) is 3.40. The third-order valence-electron chi connectivity index (χ3n) is 1.37. The Morgan fingerprint density at radius 3 is 3.21 bits per heavy atom. The number of aromatic nitrogens is 1. The Morgan fingerprint density at radius 2 is 2.57 bits per heavy atom. The fourth-order valence-electron chi connectivity index (χ4n) is 0.737. The Kier molecular flexibility index (Phi) is 3.87. The first-order valence-electron chi connectivity index (χ1n) is 3.88. The van der Waals surface area contributed by atoms with Crippen molar-refractivity contribution in [2.75, 3.05) is 6.54 Å². The maximum Gasteiger partial charge on any atom is 0.112 e. The summed E-state index contributed by atoms with van der Waals surface area (Å²) in [4.78, 5) is 3.83. The van der Waals surface area contributed by atoms with Gasteiger partial charge in [-0.15, -0.1) is 0 Å². The molecule has 74 valence electrons. The molecule has 14 heavy (non-hydrogen) atoms. The minimum absolute atomic E-state index is 0.0305. The van der Waals surface area contributed by atoms with Gasteiger partial charge in [-0.3, -0.25) is 10.4 Å². The summed E-state index contributed by atoms with van der Waals surface area (Å²) in [5.41, 5.74) is 8.48. The summed E-state index contributed by atoms with van der Waals surface area (Å²) < 4.78 is 0. The Bertz CT molecular complexity index is 349. The first kappa shape index (κ1) is 10.5. The lowest BCUT2D eigenvalue weighted by Crippen LogP contribution is -2.24. The van der Waals surface area contributed by atoms with Gasteiger partial charge in [0.05, 0.1) is 17.8 Å². The van der Waals surface area contributed by atoms with E-state index < -0.39 is 0 Å². The number of nitrogens with zero attached hydrogens (tertiary/aromatic N) is 2. The molecule has 5 nitrogen and oxygen atoms in total. The van der Waals surface area contributed by atoms with Crippen LogP contribution in [0.1, 0.15) is 5.56 Å². The highest BCUT2D eigenvalue weighted by molar-refractivity contribution is 6.32. The van der Waals surface area contributed by atoms with E-state index >= 15 is 0 Å². The van der Waals surface area contributed by atoms with Gasteiger partial charge in [0.1, 0.15) is 5.84 Å². The normalized spacial score (nSPS) is 10.4. The highest BCUT2D eigenvalue weighted by atomic mass is 35.5. The average Bonchev–Trinajstić information content (AvgIpc) is 2.15. The highest BCUT2D eigenvalue weighted by Crippen LogP contribution is 2.09. The summed E-state index contributed by atoms with van der Waals surface area (Å²) in [6, 6.07) is 1.74. The molecule has 4 N–H and O–H groups in total. The lowest BCUT2D eigenvalue weighted by molar-refractivity contribution is 0.844. The van der Waals surface area contributed by atoms with E-state index in [2.05, 4.69) is 15.5 Å². The van der Waals surface area contributed by atoms with E-state index in [0.29, 0.717) is 5.02 Å². The number of amidine groups is 1. The molecule has 0 saturated carbocycles. The van der Waals surface area contributed by atoms with Gasteiger partial charge in [0, 0.05) is 18.0 Å². The number of hydrogen-bond acceptors (Lipinski definition) is 4. The second-order valence-corrected chi connectivity index (χ2v) is 2.92. The van der Waals surface area contributed by atoms with E-state index in [1.54, 1.807) is 18.5 Å². The van der Waals surface area contributed by atoms with Crippen LogP contribution in [0.25, 0.3) is 0 Å². The van der Waals surface area contributed by atoms with Gasteiger partial charge in [-0.1, -0.05) is 11.6 Å². The van der Waals surface area contributed by atoms with Crippen molar-refractivity contribution in [1.82, 2.24) is 10.4 Å². The van der Waals surface area contributed by atoms with Crippen molar-refractivity contribution in [2.24, 2.45) is 10.8 Å². The summed E-state index contributed by atoms with van der Waals surface area (Å²) in [7, 11) is 0. The van der Waals surface area contributed by atoms with Crippen molar-refractivity contribution >= 4 is 23.7 Å². The van der Waals surface area contributed by atoms with Crippen molar-refractivity contribution in [3.05, 3.63) is 29.0 Å². The molecule has 0 aliphatic carbocycles. The van der Waals surface area contributed by atoms with Gasteiger partial charge in [0.25, 0.3) is 0 Å². The van der Waals surface area contributed by atoms with E-state index in [-0.39, 0.29) is 12.4 Å². The summed E-state index contributed by atoms with van der Waals surface area (Å²) in [5, 5.41) is 11.3. The van der Waals surface area contributed by atoms with Crippen molar-refractivity contribution in [2.45, 2.75) is 0 Å². The number of hydrazone groups is 1. The van der Waals surface area contributed by atoms with Crippen LogP contribution >= 0.6 is 11.6 Å². The third-order valence-corrected chi connectivity index (χ3v) is 1.68. The van der Waals surface area contributed by atoms with Gasteiger partial charge in [-0.05, 0) is 6.07 Å². The number of nitrogens with two attached hydrogens (primary N) is 1. The molecule has 0 amide bonds. The quantitative estimate of drug-likeness (QED) is 0.387. The molecule has 0 aliphatic rings. The van der Waals surface area contributed by atoms with Gasteiger partial charge in [-0.2, -0.15) is 5.10 Å². The van der Waals surface area contributed by atoms with Crippen LogP contribution in [-0.4, -0.2) is 23.6 Å². The lowest BCUT2D eigenvalue weighted by Gasteiger charge is -1.97. The number of rotatable bonds is 4. The van der Waals surface area contributed by atoms with Crippen LogP contribution in [0.4, 0.5) is 0 Å². The molecule has 6 heteroatoms. The molecule has 1 rings (SSSR count). The van der Waals surface area contributed by atoms with Crippen molar-refractivity contribution < 1.29 is 0 Å². The molecule has 0 aromatic carbocycles. The molecule has 0 bridgehead atoms. The van der Waals surface area contributed by atoms with E-state index in [1.165, 1.54) is 6.20 Å². The number of nitrogens with one attached hydrogen (secondary N) is 2. The lowest BCUT2D eigenvalue weighted by atomic mass is 10.3. The Hall–Kier alpha value is -1.62. The molecule has 0 aliphatic heterocycles. The van der Waals surface area contributed by atoms with Crippen LogP contribution in [0.5, 0.6) is 0 Å². The fourth-order valence-corrected chi connectivity index (χ4v) is 0.905. The van der Waals surface area contributed by atoms with E-state index in [1.807, 2.05) is 0 Å². The van der Waals surface area contributed by atoms with Crippen LogP contribution in [0.15, 0.2) is 23.6 Å². The zero-order valence-electron chi connectivity index (χ0n) is 7.37. The first-order chi connectivity index (χ1) is 6.70. The van der Waals surface area contributed by atoms with Crippen LogP contribution in [0, 0.1) is 5.41 Å². The minimum Gasteiger partial charge on any atom is -0.386 e. The first-order valence-corrected chi connectivity index (χ1v) is 4.26. The molecule has 1 heterocycles. The van der Waals surface area contributed by atoms with Crippen LogP contribution in [-0.2, 0) is 0 Å². The van der Waals surface area contributed by atoms with E-state index in [4.69, 9.17) is 22.7 Å². The molecule has 1 aromatic heterocycles. The van der Waals surface area contributed by atoms with Crippen molar-refractivity contribution in [3.63, 3.8) is 0 Å². The maximum absolute atomic E-state index is 6.92. The standard InChI is InChI=1S/C8H10ClN5/c9-7-4-12-2-1-6(7)3-13-14-5-8(10)11/h1-4,14H,5H2,(H3,10,11)/b13-3+. The molecule has 0 atom stereocenters. The second kappa shape index (κ2) is 5.18. The van der Waals surface area contributed by atoms with Crippen LogP contribution in [0.3, 0.4) is 0 Å². The SMILES string of the molecule is N=C(N)CN/N=C/c1ccncc1Cl. The predicted octanol–water partition coefficient (Wildman–Crippen LogP) is 0.594. The van der Waals surface area contributed by atoms with E-state index in [9.17, 15) is 0 Å². The molecule has 0 fully saturated rings. The Morgan fingerprint density at radius 1 is 1.79 bits per heavy atom. The number of halogens is 1. The summed E-state index contributed by atoms with van der Waals surface area (Å²) in [6.45, 7) is 0.221. The van der Waals surface area contributed by atoms with Crippen LogP contribution < -0.4 is 11.2 Å². The van der Waals surface area contributed by atoms with E-state index in [0.717, 1.165) is 5.56 Å². The summed E-state index contributed by atoms with van der Waals surface area (Å²) >= 11 is 5.82. The smallest absolute Gasteiger partial charge is 0.112 e. The Labute approximate surface area is 86.5 Å². The maximum atomic E-state index is 6.92. The molecule has 1 aromatic rings. The molecular formula is C8H10ClN5. The molecule has 0 spiro atoms. The van der Waals surface area contributed by atoms with Crippen molar-refractivity contribution in [1.29, 1.82) is 5.41 Å². The zero-order valence-corrected chi connectivity index (χ0v) is 8.12. The zero-order chi connectivity index (χ0) is 10.4. The fraction of sp³-hybridized carbons (Fsp3) is 0.125. The Balaban J connectivity index is 2.52. The largest absolute Gasteiger partial charge is 0.386 e. The topological polar surface area (TPSA) is 87.2 Å². The summed E-state index contributed by atoms with van der Waals surface area (Å²) in [6.07, 6.45) is 4.71. The van der Waals surface area contributed by atoms with Gasteiger partial charge in [0.15, 0.2) is 0 Å². The van der Waals surface area contributed by atoms with Gasteiger partial charge in [0.2, 0.25) is 0 Å². The molecule has 0 unspecified atom stereocenters. The monoisotopic (exact) mass is 211 g/mol. The number of pyridine rings is 1. The molecule has 0 radical (unpaired) electrons.